The van der Waals surface area contributed by atoms with E-state index in [1.165, 1.54) is 0 Å². The fourth-order valence-corrected chi connectivity index (χ4v) is 4.30. The van der Waals surface area contributed by atoms with Gasteiger partial charge in [0.2, 0.25) is 0 Å². The maximum atomic E-state index is 12.3. The van der Waals surface area contributed by atoms with E-state index < -0.39 is 10.0 Å². The lowest BCUT2D eigenvalue weighted by Gasteiger charge is -2.08. The van der Waals surface area contributed by atoms with Crippen LogP contribution in [-0.2, 0) is 16.6 Å². The van der Waals surface area contributed by atoms with Crippen molar-refractivity contribution < 1.29 is 18.3 Å². The first-order valence-corrected chi connectivity index (χ1v) is 8.72. The number of anilines is 1. The van der Waals surface area contributed by atoms with E-state index in [0.717, 1.165) is 16.9 Å². The van der Waals surface area contributed by atoms with Gasteiger partial charge in [-0.05, 0) is 37.6 Å². The normalized spacial score (nSPS) is 11.4. The Hall–Kier alpha value is -1.57. The fourth-order valence-electron chi connectivity index (χ4n) is 1.80. The van der Waals surface area contributed by atoms with Crippen molar-refractivity contribution in [3.8, 4) is 5.75 Å². The standard InChI is InChI=1S/C14H17NO4S2/c1-3-19-12-6-4-5-11(8-12)15-21(17,18)14-7-10(2)13(9-16)20-14/h4-8,15-16H,3,9H2,1-2H3. The molecule has 21 heavy (non-hydrogen) atoms. The first-order chi connectivity index (χ1) is 9.96. The van der Waals surface area contributed by atoms with Crippen LogP contribution in [0.25, 0.3) is 0 Å². The van der Waals surface area contributed by atoms with E-state index in [2.05, 4.69) is 4.72 Å². The van der Waals surface area contributed by atoms with Gasteiger partial charge in [-0.15, -0.1) is 11.3 Å². The second-order valence-corrected chi connectivity index (χ2v) is 7.44. The van der Waals surface area contributed by atoms with Gasteiger partial charge in [0, 0.05) is 10.9 Å². The molecule has 0 unspecified atom stereocenters. The molecule has 0 aliphatic heterocycles. The van der Waals surface area contributed by atoms with E-state index in [1.807, 2.05) is 6.92 Å². The Morgan fingerprint density at radius 2 is 2.10 bits per heavy atom. The molecule has 0 spiro atoms. The van der Waals surface area contributed by atoms with E-state index in [9.17, 15) is 8.42 Å². The number of aliphatic hydroxyl groups excluding tert-OH is 1. The lowest BCUT2D eigenvalue weighted by atomic mass is 10.3. The fraction of sp³-hybridized carbons (Fsp3) is 0.286. The van der Waals surface area contributed by atoms with Gasteiger partial charge in [0.25, 0.3) is 10.0 Å². The quantitative estimate of drug-likeness (QED) is 0.855. The van der Waals surface area contributed by atoms with Gasteiger partial charge in [0.05, 0.1) is 18.9 Å². The minimum absolute atomic E-state index is 0.161. The van der Waals surface area contributed by atoms with Crippen molar-refractivity contribution in [1.29, 1.82) is 0 Å². The molecule has 0 bridgehead atoms. The summed E-state index contributed by atoms with van der Waals surface area (Å²) < 4.78 is 32.7. The predicted octanol–water partition coefficient (Wildman–Crippen LogP) is 2.75. The number of aliphatic hydroxyl groups is 1. The smallest absolute Gasteiger partial charge is 0.271 e. The average molecular weight is 327 g/mol. The molecule has 0 atom stereocenters. The summed E-state index contributed by atoms with van der Waals surface area (Å²) in [5.41, 5.74) is 1.21. The molecular formula is C14H17NO4S2. The van der Waals surface area contributed by atoms with Gasteiger partial charge >= 0.3 is 0 Å². The summed E-state index contributed by atoms with van der Waals surface area (Å²) in [5, 5.41) is 9.16. The molecule has 0 aliphatic rings. The van der Waals surface area contributed by atoms with E-state index in [-0.39, 0.29) is 10.8 Å². The molecule has 2 rings (SSSR count). The highest BCUT2D eigenvalue weighted by Gasteiger charge is 2.19. The van der Waals surface area contributed by atoms with Crippen LogP contribution < -0.4 is 9.46 Å². The van der Waals surface area contributed by atoms with Crippen LogP contribution in [-0.4, -0.2) is 20.1 Å². The van der Waals surface area contributed by atoms with Crippen LogP contribution in [0.2, 0.25) is 0 Å². The van der Waals surface area contributed by atoms with Crippen molar-refractivity contribution >= 4 is 27.0 Å². The summed E-state index contributed by atoms with van der Waals surface area (Å²) in [6, 6.07) is 8.34. The number of ether oxygens (including phenoxy) is 1. The second-order valence-electron chi connectivity index (χ2n) is 4.40. The third-order valence-corrected chi connectivity index (χ3v) is 5.88. The molecule has 2 N–H and O–H groups in total. The Morgan fingerprint density at radius 3 is 2.71 bits per heavy atom. The number of nitrogens with one attached hydrogen (secondary N) is 1. The highest BCUT2D eigenvalue weighted by atomic mass is 32.2. The largest absolute Gasteiger partial charge is 0.494 e. The molecule has 0 aliphatic carbocycles. The van der Waals surface area contributed by atoms with Crippen LogP contribution in [0.15, 0.2) is 34.5 Å². The molecule has 1 heterocycles. The maximum Gasteiger partial charge on any atom is 0.271 e. The zero-order chi connectivity index (χ0) is 15.5. The Kier molecular flexibility index (Phi) is 4.87. The lowest BCUT2D eigenvalue weighted by Crippen LogP contribution is -2.11. The molecule has 5 nitrogen and oxygen atoms in total. The molecule has 0 fully saturated rings. The Bertz CT molecular complexity index is 722. The van der Waals surface area contributed by atoms with E-state index in [0.29, 0.717) is 22.9 Å². The summed E-state index contributed by atoms with van der Waals surface area (Å²) >= 11 is 1.07. The summed E-state index contributed by atoms with van der Waals surface area (Å²) in [6.45, 7) is 3.99. The minimum atomic E-state index is -3.65. The summed E-state index contributed by atoms with van der Waals surface area (Å²) in [4.78, 5) is 0.651. The average Bonchev–Trinajstić information content (AvgIpc) is 2.81. The van der Waals surface area contributed by atoms with Crippen LogP contribution in [0.3, 0.4) is 0 Å². The first kappa shape index (κ1) is 15.8. The van der Waals surface area contributed by atoms with E-state index >= 15 is 0 Å². The molecule has 0 amide bonds. The minimum Gasteiger partial charge on any atom is -0.494 e. The topological polar surface area (TPSA) is 75.6 Å². The van der Waals surface area contributed by atoms with Gasteiger partial charge in [-0.3, -0.25) is 4.72 Å². The lowest BCUT2D eigenvalue weighted by molar-refractivity contribution is 0.285. The summed E-state index contributed by atoms with van der Waals surface area (Å²) in [5.74, 6) is 0.608. The van der Waals surface area contributed by atoms with Gasteiger partial charge in [-0.1, -0.05) is 6.07 Å². The van der Waals surface area contributed by atoms with Gasteiger partial charge < -0.3 is 9.84 Å². The monoisotopic (exact) mass is 327 g/mol. The molecule has 1 aromatic heterocycles. The number of rotatable bonds is 6. The zero-order valence-electron chi connectivity index (χ0n) is 11.8. The van der Waals surface area contributed by atoms with Crippen LogP contribution >= 0.6 is 11.3 Å². The maximum absolute atomic E-state index is 12.3. The van der Waals surface area contributed by atoms with Crippen molar-refractivity contribution in [3.63, 3.8) is 0 Å². The number of thiophene rings is 1. The summed E-state index contributed by atoms with van der Waals surface area (Å²) in [6.07, 6.45) is 0. The van der Waals surface area contributed by atoms with Gasteiger partial charge in [0.15, 0.2) is 0 Å². The van der Waals surface area contributed by atoms with E-state index in [4.69, 9.17) is 9.84 Å². The molecule has 0 saturated carbocycles. The molecule has 7 heteroatoms. The van der Waals surface area contributed by atoms with Gasteiger partial charge in [0.1, 0.15) is 9.96 Å². The number of hydrogen-bond acceptors (Lipinski definition) is 5. The third kappa shape index (κ3) is 3.75. The van der Waals surface area contributed by atoms with Crippen molar-refractivity contribution in [2.75, 3.05) is 11.3 Å². The van der Waals surface area contributed by atoms with Crippen molar-refractivity contribution in [3.05, 3.63) is 40.8 Å². The van der Waals surface area contributed by atoms with Crippen molar-refractivity contribution in [2.45, 2.75) is 24.7 Å². The van der Waals surface area contributed by atoms with E-state index in [1.54, 1.807) is 37.3 Å². The zero-order valence-corrected chi connectivity index (χ0v) is 13.4. The highest BCUT2D eigenvalue weighted by Crippen LogP contribution is 2.28. The SMILES string of the molecule is CCOc1cccc(NS(=O)(=O)c2cc(C)c(CO)s2)c1. The molecule has 1 aromatic carbocycles. The molecule has 114 valence electrons. The second kappa shape index (κ2) is 6.46. The molecular weight excluding hydrogens is 310 g/mol. The summed E-state index contributed by atoms with van der Waals surface area (Å²) in [7, 11) is -3.65. The third-order valence-electron chi connectivity index (χ3n) is 2.80. The van der Waals surface area contributed by atoms with Crippen LogP contribution in [0.5, 0.6) is 5.75 Å². The predicted molar refractivity (Wildman–Crippen MR) is 83.4 cm³/mol. The highest BCUT2D eigenvalue weighted by molar-refractivity contribution is 7.94. The van der Waals surface area contributed by atoms with Crippen molar-refractivity contribution in [1.82, 2.24) is 0 Å². The molecule has 0 radical (unpaired) electrons. The van der Waals surface area contributed by atoms with Crippen molar-refractivity contribution in [2.24, 2.45) is 0 Å². The first-order valence-electron chi connectivity index (χ1n) is 6.42. The van der Waals surface area contributed by atoms with Crippen LogP contribution in [0.4, 0.5) is 5.69 Å². The number of aryl methyl sites for hydroxylation is 1. The number of hydrogen-bond donors (Lipinski definition) is 2. The molecule has 0 saturated heterocycles. The van der Waals surface area contributed by atoms with Crippen LogP contribution in [0, 0.1) is 6.92 Å². The van der Waals surface area contributed by atoms with Gasteiger partial charge in [-0.25, -0.2) is 8.42 Å². The Balaban J connectivity index is 2.26. The van der Waals surface area contributed by atoms with Crippen LogP contribution in [0.1, 0.15) is 17.4 Å². The number of benzene rings is 1. The Labute approximate surface area is 128 Å². The molecule has 2 aromatic rings. The van der Waals surface area contributed by atoms with Gasteiger partial charge in [-0.2, -0.15) is 0 Å². The Morgan fingerprint density at radius 1 is 1.33 bits per heavy atom. The number of sulfonamides is 1.